The van der Waals surface area contributed by atoms with Gasteiger partial charge in [-0.1, -0.05) is 24.3 Å². The van der Waals surface area contributed by atoms with E-state index in [4.69, 9.17) is 0 Å². The molecule has 0 radical (unpaired) electrons. The van der Waals surface area contributed by atoms with Crippen molar-refractivity contribution < 1.29 is 8.78 Å². The van der Waals surface area contributed by atoms with Gasteiger partial charge in [-0.2, -0.15) is 0 Å². The Labute approximate surface area is 125 Å². The quantitative estimate of drug-likeness (QED) is 0.474. The predicted molar refractivity (Wildman–Crippen MR) is 82.4 cm³/mol. The maximum absolute atomic E-state index is 13.3. The molecule has 1 aromatic heterocycles. The van der Waals surface area contributed by atoms with E-state index >= 15 is 0 Å². The maximum atomic E-state index is 13.3. The first-order chi connectivity index (χ1) is 10.7. The number of rotatable bonds is 1. The molecule has 0 unspecified atom stereocenters. The van der Waals surface area contributed by atoms with Crippen molar-refractivity contribution in [1.29, 1.82) is 0 Å². The summed E-state index contributed by atoms with van der Waals surface area (Å²) in [5.74, 6) is -0.976. The normalized spacial score (nSPS) is 11.2. The molecular formula is C18H10F2N2. The van der Waals surface area contributed by atoms with Crippen LogP contribution in [0.3, 0.4) is 0 Å². The molecule has 0 atom stereocenters. The van der Waals surface area contributed by atoms with Crippen molar-refractivity contribution in [2.75, 3.05) is 0 Å². The lowest BCUT2D eigenvalue weighted by Crippen LogP contribution is -1.92. The SMILES string of the molecule is Fc1cc(F)cc(-c2ncc3cc4ccccc4cc3n2)c1. The van der Waals surface area contributed by atoms with E-state index in [1.54, 1.807) is 6.20 Å². The lowest BCUT2D eigenvalue weighted by atomic mass is 10.1. The van der Waals surface area contributed by atoms with E-state index in [0.717, 1.165) is 27.7 Å². The summed E-state index contributed by atoms with van der Waals surface area (Å²) in [6.07, 6.45) is 1.67. The van der Waals surface area contributed by atoms with E-state index in [1.165, 1.54) is 12.1 Å². The summed E-state index contributed by atoms with van der Waals surface area (Å²) in [6, 6.07) is 15.2. The zero-order chi connectivity index (χ0) is 15.1. The molecule has 0 aliphatic rings. The molecule has 0 saturated heterocycles. The number of hydrogen-bond acceptors (Lipinski definition) is 2. The molecule has 0 amide bonds. The Hall–Kier alpha value is -2.88. The summed E-state index contributed by atoms with van der Waals surface area (Å²) in [4.78, 5) is 8.66. The topological polar surface area (TPSA) is 25.8 Å². The van der Waals surface area contributed by atoms with Crippen LogP contribution in [0.25, 0.3) is 33.1 Å². The third kappa shape index (κ3) is 2.19. The van der Waals surface area contributed by atoms with Crippen molar-refractivity contribution in [2.45, 2.75) is 0 Å². The number of aromatic nitrogens is 2. The fourth-order valence-electron chi connectivity index (χ4n) is 2.54. The van der Waals surface area contributed by atoms with E-state index in [9.17, 15) is 8.78 Å². The van der Waals surface area contributed by atoms with Gasteiger partial charge in [-0.25, -0.2) is 18.7 Å². The second-order valence-electron chi connectivity index (χ2n) is 5.11. The van der Waals surface area contributed by atoms with Gasteiger partial charge in [0.1, 0.15) is 11.6 Å². The molecule has 1 heterocycles. The van der Waals surface area contributed by atoms with Gasteiger partial charge < -0.3 is 0 Å². The van der Waals surface area contributed by atoms with E-state index < -0.39 is 11.6 Å². The Balaban J connectivity index is 1.94. The molecule has 4 aromatic rings. The molecule has 3 aromatic carbocycles. The molecule has 0 spiro atoms. The van der Waals surface area contributed by atoms with Crippen LogP contribution < -0.4 is 0 Å². The summed E-state index contributed by atoms with van der Waals surface area (Å²) in [5, 5.41) is 3.05. The standard InChI is InChI=1S/C18H10F2N2/c19-15-6-13(7-16(20)9-15)18-21-10-14-5-11-3-1-2-4-12(11)8-17(14)22-18/h1-10H. The Morgan fingerprint density at radius 1 is 0.727 bits per heavy atom. The highest BCUT2D eigenvalue weighted by Crippen LogP contribution is 2.24. The molecule has 106 valence electrons. The summed E-state index contributed by atoms with van der Waals surface area (Å²) >= 11 is 0. The lowest BCUT2D eigenvalue weighted by molar-refractivity contribution is 0.584. The number of halogens is 2. The Morgan fingerprint density at radius 2 is 1.41 bits per heavy atom. The van der Waals surface area contributed by atoms with Crippen LogP contribution in [0.2, 0.25) is 0 Å². The van der Waals surface area contributed by atoms with Crippen LogP contribution in [0, 0.1) is 11.6 Å². The molecule has 0 fully saturated rings. The predicted octanol–water partition coefficient (Wildman–Crippen LogP) is 4.73. The first kappa shape index (κ1) is 12.8. The van der Waals surface area contributed by atoms with Gasteiger partial charge in [0, 0.05) is 23.2 Å². The van der Waals surface area contributed by atoms with Gasteiger partial charge in [-0.3, -0.25) is 0 Å². The van der Waals surface area contributed by atoms with Gasteiger partial charge in [-0.15, -0.1) is 0 Å². The second kappa shape index (κ2) is 4.84. The van der Waals surface area contributed by atoms with Crippen LogP contribution >= 0.6 is 0 Å². The average molecular weight is 292 g/mol. The van der Waals surface area contributed by atoms with Gasteiger partial charge in [-0.05, 0) is 35.0 Å². The zero-order valence-corrected chi connectivity index (χ0v) is 11.4. The van der Waals surface area contributed by atoms with Gasteiger partial charge in [0.05, 0.1) is 5.52 Å². The van der Waals surface area contributed by atoms with Crippen LogP contribution in [-0.4, -0.2) is 9.97 Å². The van der Waals surface area contributed by atoms with Crippen molar-refractivity contribution in [1.82, 2.24) is 9.97 Å². The minimum atomic E-state index is -0.641. The number of hydrogen-bond donors (Lipinski definition) is 0. The first-order valence-electron chi connectivity index (χ1n) is 6.81. The Kier molecular flexibility index (Phi) is 2.82. The van der Waals surface area contributed by atoms with E-state index in [-0.39, 0.29) is 0 Å². The minimum Gasteiger partial charge on any atom is -0.236 e. The molecule has 4 heteroatoms. The van der Waals surface area contributed by atoms with Crippen LogP contribution in [0.4, 0.5) is 8.78 Å². The van der Waals surface area contributed by atoms with Gasteiger partial charge in [0.25, 0.3) is 0 Å². The smallest absolute Gasteiger partial charge is 0.159 e. The third-order valence-electron chi connectivity index (χ3n) is 3.57. The van der Waals surface area contributed by atoms with Gasteiger partial charge >= 0.3 is 0 Å². The Morgan fingerprint density at radius 3 is 2.14 bits per heavy atom. The minimum absolute atomic E-state index is 0.307. The molecule has 0 bridgehead atoms. The largest absolute Gasteiger partial charge is 0.236 e. The van der Waals surface area contributed by atoms with Crippen molar-refractivity contribution in [2.24, 2.45) is 0 Å². The number of fused-ring (bicyclic) bond motifs is 2. The molecule has 0 saturated carbocycles. The van der Waals surface area contributed by atoms with Gasteiger partial charge in [0.2, 0.25) is 0 Å². The van der Waals surface area contributed by atoms with Crippen molar-refractivity contribution in [3.05, 3.63) is 72.4 Å². The molecule has 0 aliphatic heterocycles. The fraction of sp³-hybridized carbons (Fsp3) is 0. The number of benzene rings is 3. The van der Waals surface area contributed by atoms with Crippen molar-refractivity contribution in [3.8, 4) is 11.4 Å². The highest BCUT2D eigenvalue weighted by molar-refractivity contribution is 5.96. The molecule has 22 heavy (non-hydrogen) atoms. The van der Waals surface area contributed by atoms with Gasteiger partial charge in [0.15, 0.2) is 5.82 Å². The van der Waals surface area contributed by atoms with Crippen LogP contribution in [0.1, 0.15) is 0 Å². The second-order valence-corrected chi connectivity index (χ2v) is 5.11. The summed E-state index contributed by atoms with van der Waals surface area (Å²) < 4.78 is 26.7. The average Bonchev–Trinajstić information content (AvgIpc) is 2.51. The van der Waals surface area contributed by atoms with Crippen LogP contribution in [0.15, 0.2) is 60.8 Å². The Bertz CT molecular complexity index is 992. The van der Waals surface area contributed by atoms with Crippen LogP contribution in [0.5, 0.6) is 0 Å². The highest BCUT2D eigenvalue weighted by atomic mass is 19.1. The summed E-state index contributed by atoms with van der Waals surface area (Å²) in [5.41, 5.74) is 1.07. The fourth-order valence-corrected chi connectivity index (χ4v) is 2.54. The van der Waals surface area contributed by atoms with E-state index in [1.807, 2.05) is 36.4 Å². The highest BCUT2D eigenvalue weighted by Gasteiger charge is 2.07. The van der Waals surface area contributed by atoms with Crippen LogP contribution in [-0.2, 0) is 0 Å². The molecule has 0 N–H and O–H groups in total. The van der Waals surface area contributed by atoms with Crippen molar-refractivity contribution in [3.63, 3.8) is 0 Å². The number of nitrogens with zero attached hydrogens (tertiary/aromatic N) is 2. The first-order valence-corrected chi connectivity index (χ1v) is 6.81. The third-order valence-corrected chi connectivity index (χ3v) is 3.57. The maximum Gasteiger partial charge on any atom is 0.159 e. The molecule has 0 aliphatic carbocycles. The van der Waals surface area contributed by atoms with E-state index in [0.29, 0.717) is 11.4 Å². The summed E-state index contributed by atoms with van der Waals surface area (Å²) in [7, 11) is 0. The molecular weight excluding hydrogens is 282 g/mol. The van der Waals surface area contributed by atoms with E-state index in [2.05, 4.69) is 9.97 Å². The zero-order valence-electron chi connectivity index (χ0n) is 11.4. The molecule has 4 rings (SSSR count). The monoisotopic (exact) mass is 292 g/mol. The van der Waals surface area contributed by atoms with Crippen molar-refractivity contribution >= 4 is 21.7 Å². The summed E-state index contributed by atoms with van der Waals surface area (Å²) in [6.45, 7) is 0. The lowest BCUT2D eigenvalue weighted by Gasteiger charge is -2.05. The molecule has 2 nitrogen and oxygen atoms in total.